The third-order valence-corrected chi connectivity index (χ3v) is 2.10. The maximum absolute atomic E-state index is 6.00. The van der Waals surface area contributed by atoms with Crippen LogP contribution in [-0.2, 0) is 0 Å². The zero-order valence-corrected chi connectivity index (χ0v) is 7.74. The van der Waals surface area contributed by atoms with E-state index in [1.165, 1.54) is 0 Å². The van der Waals surface area contributed by atoms with Gasteiger partial charge in [-0.05, 0) is 26.0 Å². The number of hydrogen-bond acceptors (Lipinski definition) is 1. The highest BCUT2D eigenvalue weighted by molar-refractivity contribution is 6.34. The number of nitrogens with one attached hydrogen (secondary N) is 1. The van der Waals surface area contributed by atoms with Crippen LogP contribution in [0.15, 0.2) is 12.1 Å². The van der Waals surface area contributed by atoms with E-state index in [-0.39, 0.29) is 0 Å². The van der Waals surface area contributed by atoms with E-state index in [4.69, 9.17) is 11.6 Å². The fourth-order valence-electron chi connectivity index (χ4n) is 1.32. The lowest BCUT2D eigenvalue weighted by Crippen LogP contribution is -1.81. The summed E-state index contributed by atoms with van der Waals surface area (Å²) in [6.45, 7) is 3.93. The lowest BCUT2D eigenvalue weighted by atomic mass is 10.3. The highest BCUT2D eigenvalue weighted by Gasteiger charge is 2.03. The highest BCUT2D eigenvalue weighted by Crippen LogP contribution is 2.22. The van der Waals surface area contributed by atoms with Crippen LogP contribution in [0.1, 0.15) is 11.4 Å². The Bertz CT molecular complexity index is 431. The average molecular weight is 181 g/mol. The van der Waals surface area contributed by atoms with Gasteiger partial charge in [0.05, 0.1) is 16.1 Å². The number of pyridine rings is 1. The second-order valence-electron chi connectivity index (χ2n) is 2.96. The van der Waals surface area contributed by atoms with E-state index in [0.717, 1.165) is 27.4 Å². The van der Waals surface area contributed by atoms with Crippen LogP contribution >= 0.6 is 11.6 Å². The largest absolute Gasteiger partial charge is 0.356 e. The smallest absolute Gasteiger partial charge is 0.0900 e. The molecular formula is C9H9ClN2. The minimum absolute atomic E-state index is 0.741. The first kappa shape index (κ1) is 7.62. The van der Waals surface area contributed by atoms with Crippen LogP contribution in [0, 0.1) is 13.8 Å². The SMILES string of the molecule is Cc1cc(Cl)c2[nH]c(C)cc2n1. The fraction of sp³-hybridized carbons (Fsp3) is 0.222. The van der Waals surface area contributed by atoms with Gasteiger partial charge in [-0.15, -0.1) is 0 Å². The quantitative estimate of drug-likeness (QED) is 0.664. The number of H-pyrrole nitrogens is 1. The number of nitrogens with zero attached hydrogens (tertiary/aromatic N) is 1. The van der Waals surface area contributed by atoms with Crippen molar-refractivity contribution in [2.75, 3.05) is 0 Å². The van der Waals surface area contributed by atoms with E-state index >= 15 is 0 Å². The van der Waals surface area contributed by atoms with Crippen LogP contribution < -0.4 is 0 Å². The second kappa shape index (κ2) is 2.49. The highest BCUT2D eigenvalue weighted by atomic mass is 35.5. The zero-order chi connectivity index (χ0) is 8.72. The van der Waals surface area contributed by atoms with Crippen molar-refractivity contribution in [1.29, 1.82) is 0 Å². The van der Waals surface area contributed by atoms with Gasteiger partial charge in [-0.1, -0.05) is 11.6 Å². The maximum Gasteiger partial charge on any atom is 0.0900 e. The van der Waals surface area contributed by atoms with Gasteiger partial charge in [0, 0.05) is 11.4 Å². The summed E-state index contributed by atoms with van der Waals surface area (Å²) in [7, 11) is 0. The molecule has 0 spiro atoms. The molecule has 0 amide bonds. The van der Waals surface area contributed by atoms with Gasteiger partial charge in [-0.25, -0.2) is 0 Å². The van der Waals surface area contributed by atoms with Crippen molar-refractivity contribution in [3.63, 3.8) is 0 Å². The van der Waals surface area contributed by atoms with E-state index in [1.54, 1.807) is 0 Å². The number of aryl methyl sites for hydroxylation is 2. The van der Waals surface area contributed by atoms with Crippen molar-refractivity contribution in [3.05, 3.63) is 28.5 Å². The molecular weight excluding hydrogens is 172 g/mol. The zero-order valence-electron chi connectivity index (χ0n) is 6.98. The number of rotatable bonds is 0. The Hall–Kier alpha value is -1.02. The summed E-state index contributed by atoms with van der Waals surface area (Å²) in [5.74, 6) is 0. The molecule has 0 atom stereocenters. The Morgan fingerprint density at radius 2 is 2.08 bits per heavy atom. The van der Waals surface area contributed by atoms with E-state index in [1.807, 2.05) is 26.0 Å². The molecule has 0 aliphatic rings. The molecule has 1 N–H and O–H groups in total. The first-order valence-corrected chi connectivity index (χ1v) is 4.17. The molecule has 2 heterocycles. The molecule has 2 rings (SSSR count). The van der Waals surface area contributed by atoms with E-state index in [2.05, 4.69) is 9.97 Å². The topological polar surface area (TPSA) is 28.7 Å². The molecule has 2 aromatic heterocycles. The molecule has 62 valence electrons. The van der Waals surface area contributed by atoms with Crippen molar-refractivity contribution in [2.45, 2.75) is 13.8 Å². The minimum atomic E-state index is 0.741. The van der Waals surface area contributed by atoms with E-state index in [9.17, 15) is 0 Å². The average Bonchev–Trinajstić information content (AvgIpc) is 2.29. The van der Waals surface area contributed by atoms with Crippen molar-refractivity contribution in [2.24, 2.45) is 0 Å². The van der Waals surface area contributed by atoms with Gasteiger partial charge in [0.1, 0.15) is 0 Å². The van der Waals surface area contributed by atoms with Gasteiger partial charge < -0.3 is 4.98 Å². The van der Waals surface area contributed by atoms with Gasteiger partial charge in [0.15, 0.2) is 0 Å². The monoisotopic (exact) mass is 180 g/mol. The lowest BCUT2D eigenvalue weighted by molar-refractivity contribution is 1.25. The van der Waals surface area contributed by atoms with Crippen LogP contribution in [0.3, 0.4) is 0 Å². The van der Waals surface area contributed by atoms with Gasteiger partial charge in [-0.3, -0.25) is 4.98 Å². The number of halogens is 1. The third-order valence-electron chi connectivity index (χ3n) is 1.80. The van der Waals surface area contributed by atoms with Gasteiger partial charge in [0.25, 0.3) is 0 Å². The first-order valence-electron chi connectivity index (χ1n) is 3.79. The summed E-state index contributed by atoms with van der Waals surface area (Å²) < 4.78 is 0. The van der Waals surface area contributed by atoms with E-state index in [0.29, 0.717) is 0 Å². The summed E-state index contributed by atoms with van der Waals surface area (Å²) in [6.07, 6.45) is 0. The predicted molar refractivity (Wildman–Crippen MR) is 50.6 cm³/mol. The summed E-state index contributed by atoms with van der Waals surface area (Å²) in [5, 5.41) is 0.741. The number of aromatic amines is 1. The summed E-state index contributed by atoms with van der Waals surface area (Å²) in [6, 6.07) is 3.86. The Labute approximate surface area is 75.6 Å². The van der Waals surface area contributed by atoms with Crippen LogP contribution in [-0.4, -0.2) is 9.97 Å². The molecule has 0 bridgehead atoms. The molecule has 12 heavy (non-hydrogen) atoms. The third kappa shape index (κ3) is 1.08. The Morgan fingerprint density at radius 1 is 1.33 bits per heavy atom. The molecule has 0 aliphatic carbocycles. The van der Waals surface area contributed by atoms with Crippen molar-refractivity contribution in [3.8, 4) is 0 Å². The Morgan fingerprint density at radius 3 is 2.83 bits per heavy atom. The molecule has 2 nitrogen and oxygen atoms in total. The normalized spacial score (nSPS) is 10.9. The Balaban J connectivity index is 2.88. The van der Waals surface area contributed by atoms with Crippen LogP contribution in [0.4, 0.5) is 0 Å². The molecule has 0 fully saturated rings. The molecule has 0 radical (unpaired) electrons. The summed E-state index contributed by atoms with van der Waals surface area (Å²) in [4.78, 5) is 7.50. The van der Waals surface area contributed by atoms with Crippen molar-refractivity contribution in [1.82, 2.24) is 9.97 Å². The molecule has 0 aliphatic heterocycles. The predicted octanol–water partition coefficient (Wildman–Crippen LogP) is 2.83. The Kier molecular flexibility index (Phi) is 1.58. The molecule has 0 aromatic carbocycles. The molecule has 0 unspecified atom stereocenters. The lowest BCUT2D eigenvalue weighted by Gasteiger charge is -1.95. The van der Waals surface area contributed by atoms with Gasteiger partial charge >= 0.3 is 0 Å². The summed E-state index contributed by atoms with van der Waals surface area (Å²) >= 11 is 6.00. The molecule has 0 saturated carbocycles. The van der Waals surface area contributed by atoms with E-state index < -0.39 is 0 Å². The van der Waals surface area contributed by atoms with Crippen LogP contribution in [0.2, 0.25) is 5.02 Å². The summed E-state index contributed by atoms with van der Waals surface area (Å²) in [5.41, 5.74) is 3.91. The first-order chi connectivity index (χ1) is 5.66. The van der Waals surface area contributed by atoms with Crippen molar-refractivity contribution >= 4 is 22.6 Å². The second-order valence-corrected chi connectivity index (χ2v) is 3.37. The maximum atomic E-state index is 6.00. The van der Waals surface area contributed by atoms with Gasteiger partial charge in [0.2, 0.25) is 0 Å². The standard InChI is InChI=1S/C9H9ClN2/c1-5-3-7(10)9-8(11-5)4-6(2)12-9/h3-4,12H,1-2H3. The number of hydrogen-bond donors (Lipinski definition) is 1. The van der Waals surface area contributed by atoms with Crippen LogP contribution in [0.25, 0.3) is 11.0 Å². The minimum Gasteiger partial charge on any atom is -0.356 e. The van der Waals surface area contributed by atoms with Gasteiger partial charge in [-0.2, -0.15) is 0 Å². The molecule has 2 aromatic rings. The fourth-order valence-corrected chi connectivity index (χ4v) is 1.62. The number of aromatic nitrogens is 2. The number of fused-ring (bicyclic) bond motifs is 1. The van der Waals surface area contributed by atoms with Crippen molar-refractivity contribution < 1.29 is 0 Å². The van der Waals surface area contributed by atoms with Crippen LogP contribution in [0.5, 0.6) is 0 Å². The molecule has 3 heteroatoms. The molecule has 0 saturated heterocycles.